The van der Waals surface area contributed by atoms with E-state index in [9.17, 15) is 5.11 Å². The monoisotopic (exact) mass is 240 g/mol. The quantitative estimate of drug-likeness (QED) is 0.640. The van der Waals surface area contributed by atoms with E-state index in [1.54, 1.807) is 17.8 Å². The Kier molecular flexibility index (Phi) is 4.12. The highest BCUT2D eigenvalue weighted by Gasteiger charge is 1.97. The number of thioether (sulfide) groups is 1. The van der Waals surface area contributed by atoms with Gasteiger partial charge in [-0.15, -0.1) is 11.8 Å². The van der Waals surface area contributed by atoms with Crippen LogP contribution < -0.4 is 0 Å². The van der Waals surface area contributed by atoms with E-state index in [0.29, 0.717) is 11.5 Å². The number of hydrogen-bond donors (Lipinski definition) is 1. The van der Waals surface area contributed by atoms with Crippen LogP contribution in [0.4, 0.5) is 0 Å². The number of phenolic OH excluding ortho intramolecular Hbond substituents is 1. The van der Waals surface area contributed by atoms with Crippen LogP contribution in [0.1, 0.15) is 5.56 Å². The highest BCUT2D eigenvalue weighted by molar-refractivity contribution is 7.99. The first kappa shape index (κ1) is 11.6. The van der Waals surface area contributed by atoms with Gasteiger partial charge < -0.3 is 5.11 Å². The predicted octanol–water partition coefficient (Wildman–Crippen LogP) is 3.54. The van der Waals surface area contributed by atoms with Crippen LogP contribution in [0, 0.1) is 11.8 Å². The fourth-order valence-corrected chi connectivity index (χ4v) is 2.04. The third kappa shape index (κ3) is 3.58. The minimum absolute atomic E-state index is 0.319. The first-order chi connectivity index (χ1) is 8.36. The number of phenols is 1. The Balaban J connectivity index is 1.93. The van der Waals surface area contributed by atoms with Gasteiger partial charge in [-0.3, -0.25) is 0 Å². The molecule has 2 rings (SSSR count). The van der Waals surface area contributed by atoms with Crippen molar-refractivity contribution in [2.45, 2.75) is 4.90 Å². The Bertz CT molecular complexity index is 538. The molecule has 0 bridgehead atoms. The number of para-hydroxylation sites is 1. The van der Waals surface area contributed by atoms with E-state index in [1.165, 1.54) is 0 Å². The summed E-state index contributed by atoms with van der Waals surface area (Å²) in [5.74, 6) is 7.15. The van der Waals surface area contributed by atoms with Gasteiger partial charge in [-0.25, -0.2) is 0 Å². The molecule has 2 aromatic rings. The van der Waals surface area contributed by atoms with Gasteiger partial charge in [0.25, 0.3) is 0 Å². The van der Waals surface area contributed by atoms with Gasteiger partial charge in [-0.1, -0.05) is 42.2 Å². The van der Waals surface area contributed by atoms with Gasteiger partial charge in [0.15, 0.2) is 0 Å². The van der Waals surface area contributed by atoms with Crippen LogP contribution in [-0.2, 0) is 0 Å². The summed E-state index contributed by atoms with van der Waals surface area (Å²) in [6, 6.07) is 17.2. The van der Waals surface area contributed by atoms with Crippen molar-refractivity contribution in [1.82, 2.24) is 0 Å². The highest BCUT2D eigenvalue weighted by atomic mass is 32.2. The molecule has 17 heavy (non-hydrogen) atoms. The molecule has 0 aliphatic carbocycles. The highest BCUT2D eigenvalue weighted by Crippen LogP contribution is 2.26. The molecule has 0 atom stereocenters. The first-order valence-corrected chi connectivity index (χ1v) is 6.29. The minimum Gasteiger partial charge on any atom is -0.507 e. The Morgan fingerprint density at radius 3 is 2.41 bits per heavy atom. The average Bonchev–Trinajstić information content (AvgIpc) is 2.38. The van der Waals surface area contributed by atoms with Crippen LogP contribution in [0.2, 0.25) is 0 Å². The molecule has 1 N–H and O–H groups in total. The van der Waals surface area contributed by atoms with E-state index in [1.807, 2.05) is 48.5 Å². The van der Waals surface area contributed by atoms with Crippen molar-refractivity contribution in [3.05, 3.63) is 60.2 Å². The van der Waals surface area contributed by atoms with E-state index in [-0.39, 0.29) is 0 Å². The Labute approximate surface area is 105 Å². The lowest BCUT2D eigenvalue weighted by Crippen LogP contribution is -1.77. The lowest BCUT2D eigenvalue weighted by Gasteiger charge is -1.99. The Morgan fingerprint density at radius 2 is 1.65 bits per heavy atom. The molecule has 2 aromatic carbocycles. The largest absolute Gasteiger partial charge is 0.507 e. The summed E-state index contributed by atoms with van der Waals surface area (Å²) in [5.41, 5.74) is 1.02. The van der Waals surface area contributed by atoms with Crippen molar-refractivity contribution in [3.8, 4) is 17.6 Å². The van der Waals surface area contributed by atoms with Crippen LogP contribution >= 0.6 is 11.8 Å². The topological polar surface area (TPSA) is 20.2 Å². The molecule has 0 aliphatic heterocycles. The van der Waals surface area contributed by atoms with Gasteiger partial charge in [0.2, 0.25) is 0 Å². The number of benzene rings is 2. The van der Waals surface area contributed by atoms with E-state index in [4.69, 9.17) is 0 Å². The Hall–Kier alpha value is -1.85. The fourth-order valence-electron chi connectivity index (χ4n) is 1.35. The number of rotatable bonds is 2. The standard InChI is InChI=1S/C15H12OS/c16-14-10-4-5-11-15(14)17-12-6-9-13-7-2-1-3-8-13/h1-5,7-8,10-11,16H,12H2. The maximum absolute atomic E-state index is 9.56. The summed E-state index contributed by atoms with van der Waals surface area (Å²) < 4.78 is 0. The van der Waals surface area contributed by atoms with Gasteiger partial charge in [0.05, 0.1) is 10.6 Å². The van der Waals surface area contributed by atoms with Gasteiger partial charge in [0, 0.05) is 5.56 Å². The summed E-state index contributed by atoms with van der Waals surface area (Å²) in [7, 11) is 0. The van der Waals surface area contributed by atoms with Crippen LogP contribution in [-0.4, -0.2) is 10.9 Å². The summed E-state index contributed by atoms with van der Waals surface area (Å²) in [6.07, 6.45) is 0. The molecule has 0 aromatic heterocycles. The maximum atomic E-state index is 9.56. The van der Waals surface area contributed by atoms with Crippen LogP contribution in [0.25, 0.3) is 0 Å². The molecule has 0 aliphatic rings. The SMILES string of the molecule is Oc1ccccc1SCC#Cc1ccccc1. The average molecular weight is 240 g/mol. The van der Waals surface area contributed by atoms with Crippen molar-refractivity contribution < 1.29 is 5.11 Å². The normalized spacial score (nSPS) is 9.41. The zero-order chi connectivity index (χ0) is 11.9. The molecule has 0 fully saturated rings. The minimum atomic E-state index is 0.319. The van der Waals surface area contributed by atoms with Gasteiger partial charge in [-0.05, 0) is 24.3 Å². The lowest BCUT2D eigenvalue weighted by atomic mass is 10.2. The van der Waals surface area contributed by atoms with Crippen molar-refractivity contribution in [2.24, 2.45) is 0 Å². The molecular weight excluding hydrogens is 228 g/mol. The molecule has 0 saturated carbocycles. The van der Waals surface area contributed by atoms with Gasteiger partial charge in [-0.2, -0.15) is 0 Å². The van der Waals surface area contributed by atoms with Crippen LogP contribution in [0.15, 0.2) is 59.5 Å². The molecule has 2 heteroatoms. The summed E-state index contributed by atoms with van der Waals surface area (Å²) in [6.45, 7) is 0. The van der Waals surface area contributed by atoms with Crippen LogP contribution in [0.3, 0.4) is 0 Å². The van der Waals surface area contributed by atoms with E-state index in [2.05, 4.69) is 11.8 Å². The molecule has 0 heterocycles. The molecule has 0 unspecified atom stereocenters. The van der Waals surface area contributed by atoms with Crippen molar-refractivity contribution in [2.75, 3.05) is 5.75 Å². The number of hydrogen-bond acceptors (Lipinski definition) is 2. The molecule has 0 spiro atoms. The molecule has 0 amide bonds. The second kappa shape index (κ2) is 6.03. The lowest BCUT2D eigenvalue weighted by molar-refractivity contribution is 0.462. The smallest absolute Gasteiger partial charge is 0.129 e. The molecule has 1 nitrogen and oxygen atoms in total. The van der Waals surface area contributed by atoms with Crippen molar-refractivity contribution in [3.63, 3.8) is 0 Å². The number of aromatic hydroxyl groups is 1. The summed E-state index contributed by atoms with van der Waals surface area (Å²) in [4.78, 5) is 0.870. The predicted molar refractivity (Wildman–Crippen MR) is 72.2 cm³/mol. The third-order valence-electron chi connectivity index (χ3n) is 2.17. The van der Waals surface area contributed by atoms with Crippen molar-refractivity contribution in [1.29, 1.82) is 0 Å². The van der Waals surface area contributed by atoms with Gasteiger partial charge in [0.1, 0.15) is 5.75 Å². The third-order valence-corrected chi connectivity index (χ3v) is 3.12. The van der Waals surface area contributed by atoms with E-state index < -0.39 is 0 Å². The summed E-state index contributed by atoms with van der Waals surface area (Å²) >= 11 is 1.54. The summed E-state index contributed by atoms with van der Waals surface area (Å²) in [5, 5.41) is 9.56. The zero-order valence-electron chi connectivity index (χ0n) is 9.26. The zero-order valence-corrected chi connectivity index (χ0v) is 10.1. The van der Waals surface area contributed by atoms with Crippen molar-refractivity contribution >= 4 is 11.8 Å². The van der Waals surface area contributed by atoms with Gasteiger partial charge >= 0.3 is 0 Å². The second-order valence-electron chi connectivity index (χ2n) is 3.42. The van der Waals surface area contributed by atoms with Crippen LogP contribution in [0.5, 0.6) is 5.75 Å². The fraction of sp³-hybridized carbons (Fsp3) is 0.0667. The maximum Gasteiger partial charge on any atom is 0.129 e. The molecule has 84 valence electrons. The second-order valence-corrected chi connectivity index (χ2v) is 4.44. The molecule has 0 saturated heterocycles. The molecular formula is C15H12OS. The van der Waals surface area contributed by atoms with E-state index >= 15 is 0 Å². The molecule has 0 radical (unpaired) electrons. The van der Waals surface area contributed by atoms with E-state index in [0.717, 1.165) is 10.5 Å². The first-order valence-electron chi connectivity index (χ1n) is 5.31. The Morgan fingerprint density at radius 1 is 0.941 bits per heavy atom.